The Hall–Kier alpha value is -3.48. The van der Waals surface area contributed by atoms with Gasteiger partial charge in [-0.05, 0) is 24.3 Å². The van der Waals surface area contributed by atoms with Crippen LogP contribution in [0, 0.1) is 0 Å². The summed E-state index contributed by atoms with van der Waals surface area (Å²) in [6, 6.07) is 14.7. The molecule has 1 saturated heterocycles. The topological polar surface area (TPSA) is 72.2 Å². The predicted octanol–water partition coefficient (Wildman–Crippen LogP) is 2.77. The van der Waals surface area contributed by atoms with Crippen LogP contribution < -0.4 is 20.0 Å². The molecule has 0 bridgehead atoms. The molecule has 0 saturated carbocycles. The first-order valence-corrected chi connectivity index (χ1v) is 9.40. The molecule has 4 rings (SSSR count). The third-order valence-electron chi connectivity index (χ3n) is 5.17. The van der Waals surface area contributed by atoms with Crippen molar-refractivity contribution in [3.63, 3.8) is 0 Å². The number of amides is 1. The van der Waals surface area contributed by atoms with Gasteiger partial charge in [-0.25, -0.2) is 4.79 Å². The standard InChI is InChI=1S/C22H22N2O5/c1-27-18-8-4-3-7-17(18)23-10-12-24(13-11-23)21(25)16-14-15-6-5-9-19(28-2)20(15)29-22(16)26/h3-9,14H,10-13H2,1-2H3. The van der Waals surface area contributed by atoms with Gasteiger partial charge in [0.2, 0.25) is 0 Å². The highest BCUT2D eigenvalue weighted by molar-refractivity contribution is 5.97. The van der Waals surface area contributed by atoms with Crippen molar-refractivity contribution in [2.24, 2.45) is 0 Å². The highest BCUT2D eigenvalue weighted by Gasteiger charge is 2.26. The highest BCUT2D eigenvalue weighted by atomic mass is 16.5. The largest absolute Gasteiger partial charge is 0.495 e. The number of anilines is 1. The average molecular weight is 394 g/mol. The molecular formula is C22H22N2O5. The van der Waals surface area contributed by atoms with Crippen molar-refractivity contribution in [3.05, 3.63) is 64.5 Å². The van der Waals surface area contributed by atoms with E-state index in [9.17, 15) is 9.59 Å². The van der Waals surface area contributed by atoms with Crippen LogP contribution in [0.3, 0.4) is 0 Å². The van der Waals surface area contributed by atoms with Gasteiger partial charge in [0.25, 0.3) is 5.91 Å². The molecule has 7 heteroatoms. The number of hydrogen-bond acceptors (Lipinski definition) is 6. The maximum atomic E-state index is 13.0. The van der Waals surface area contributed by atoms with Gasteiger partial charge < -0.3 is 23.7 Å². The Balaban J connectivity index is 1.54. The normalized spacial score (nSPS) is 14.1. The molecule has 0 spiro atoms. The third-order valence-corrected chi connectivity index (χ3v) is 5.17. The maximum absolute atomic E-state index is 13.0. The van der Waals surface area contributed by atoms with Gasteiger partial charge in [0.1, 0.15) is 11.3 Å². The van der Waals surface area contributed by atoms with E-state index in [0.717, 1.165) is 11.4 Å². The van der Waals surface area contributed by atoms with E-state index in [4.69, 9.17) is 13.9 Å². The van der Waals surface area contributed by atoms with Crippen molar-refractivity contribution >= 4 is 22.6 Å². The Morgan fingerprint density at radius 2 is 1.62 bits per heavy atom. The number of para-hydroxylation sites is 3. The van der Waals surface area contributed by atoms with E-state index in [1.807, 2.05) is 24.3 Å². The zero-order valence-electron chi connectivity index (χ0n) is 16.4. The zero-order valence-corrected chi connectivity index (χ0v) is 16.4. The molecule has 2 aromatic carbocycles. The van der Waals surface area contributed by atoms with Gasteiger partial charge in [-0.15, -0.1) is 0 Å². The molecule has 0 aliphatic carbocycles. The molecule has 1 aliphatic heterocycles. The van der Waals surface area contributed by atoms with Gasteiger partial charge in [-0.2, -0.15) is 0 Å². The minimum absolute atomic E-state index is 0.0384. The van der Waals surface area contributed by atoms with Crippen LogP contribution in [0.4, 0.5) is 5.69 Å². The zero-order chi connectivity index (χ0) is 20.4. The summed E-state index contributed by atoms with van der Waals surface area (Å²) in [6.45, 7) is 2.32. The monoisotopic (exact) mass is 394 g/mol. The van der Waals surface area contributed by atoms with Crippen LogP contribution in [0.2, 0.25) is 0 Å². The highest BCUT2D eigenvalue weighted by Crippen LogP contribution is 2.29. The summed E-state index contributed by atoms with van der Waals surface area (Å²) in [4.78, 5) is 29.3. The number of rotatable bonds is 4. The van der Waals surface area contributed by atoms with E-state index in [2.05, 4.69) is 4.90 Å². The summed E-state index contributed by atoms with van der Waals surface area (Å²) in [5.74, 6) is 0.948. The van der Waals surface area contributed by atoms with E-state index >= 15 is 0 Å². The van der Waals surface area contributed by atoms with Crippen LogP contribution in [-0.4, -0.2) is 51.2 Å². The molecule has 1 fully saturated rings. The van der Waals surface area contributed by atoms with Crippen LogP contribution in [0.1, 0.15) is 10.4 Å². The molecule has 2 heterocycles. The first-order chi connectivity index (χ1) is 14.1. The number of methoxy groups -OCH3 is 2. The fourth-order valence-corrected chi connectivity index (χ4v) is 3.64. The molecule has 7 nitrogen and oxygen atoms in total. The van der Waals surface area contributed by atoms with Crippen molar-refractivity contribution in [2.75, 3.05) is 45.3 Å². The Morgan fingerprint density at radius 1 is 0.931 bits per heavy atom. The second kappa shape index (κ2) is 7.87. The van der Waals surface area contributed by atoms with Gasteiger partial charge in [0.15, 0.2) is 11.3 Å². The fourth-order valence-electron chi connectivity index (χ4n) is 3.64. The van der Waals surface area contributed by atoms with Gasteiger partial charge in [0.05, 0.1) is 19.9 Å². The molecule has 29 heavy (non-hydrogen) atoms. The summed E-state index contributed by atoms with van der Waals surface area (Å²) in [7, 11) is 3.15. The van der Waals surface area contributed by atoms with E-state index in [-0.39, 0.29) is 11.5 Å². The summed E-state index contributed by atoms with van der Waals surface area (Å²) in [5.41, 5.74) is 0.729. The Bertz CT molecular complexity index is 1100. The summed E-state index contributed by atoms with van der Waals surface area (Å²) < 4.78 is 16.1. The number of nitrogens with zero attached hydrogens (tertiary/aromatic N) is 2. The lowest BCUT2D eigenvalue weighted by Crippen LogP contribution is -2.49. The molecule has 1 aliphatic rings. The number of carbonyl (C=O) groups is 1. The molecule has 0 atom stereocenters. The molecular weight excluding hydrogens is 372 g/mol. The minimum atomic E-state index is -0.654. The predicted molar refractivity (Wildman–Crippen MR) is 110 cm³/mol. The Morgan fingerprint density at radius 3 is 2.34 bits per heavy atom. The first kappa shape index (κ1) is 18.9. The summed E-state index contributed by atoms with van der Waals surface area (Å²) in [5, 5.41) is 0.653. The van der Waals surface area contributed by atoms with E-state index < -0.39 is 5.63 Å². The quantitative estimate of drug-likeness (QED) is 0.634. The van der Waals surface area contributed by atoms with Crippen molar-refractivity contribution in [3.8, 4) is 11.5 Å². The molecule has 3 aromatic rings. The lowest BCUT2D eigenvalue weighted by molar-refractivity contribution is 0.0742. The van der Waals surface area contributed by atoms with Crippen LogP contribution in [-0.2, 0) is 0 Å². The number of fused-ring (bicyclic) bond motifs is 1. The number of piperazine rings is 1. The van der Waals surface area contributed by atoms with Gasteiger partial charge in [-0.3, -0.25) is 4.79 Å². The fraction of sp³-hybridized carbons (Fsp3) is 0.273. The minimum Gasteiger partial charge on any atom is -0.495 e. The smallest absolute Gasteiger partial charge is 0.349 e. The second-order valence-corrected chi connectivity index (χ2v) is 6.78. The average Bonchev–Trinajstić information content (AvgIpc) is 2.78. The van der Waals surface area contributed by atoms with E-state index in [1.165, 1.54) is 7.11 Å². The van der Waals surface area contributed by atoms with Gasteiger partial charge in [-0.1, -0.05) is 24.3 Å². The van der Waals surface area contributed by atoms with E-state index in [1.54, 1.807) is 36.3 Å². The maximum Gasteiger partial charge on any atom is 0.349 e. The first-order valence-electron chi connectivity index (χ1n) is 9.40. The number of benzene rings is 2. The van der Waals surface area contributed by atoms with Gasteiger partial charge >= 0.3 is 5.63 Å². The molecule has 0 unspecified atom stereocenters. The summed E-state index contributed by atoms with van der Waals surface area (Å²) in [6.07, 6.45) is 0. The third kappa shape index (κ3) is 3.51. The van der Waals surface area contributed by atoms with Crippen molar-refractivity contribution < 1.29 is 18.7 Å². The van der Waals surface area contributed by atoms with Crippen LogP contribution in [0.15, 0.2) is 57.7 Å². The summed E-state index contributed by atoms with van der Waals surface area (Å²) >= 11 is 0. The Labute approximate surface area is 168 Å². The van der Waals surface area contributed by atoms with Gasteiger partial charge in [0, 0.05) is 31.6 Å². The lowest BCUT2D eigenvalue weighted by atomic mass is 10.1. The number of hydrogen-bond donors (Lipinski definition) is 0. The molecule has 0 radical (unpaired) electrons. The van der Waals surface area contributed by atoms with E-state index in [0.29, 0.717) is 42.9 Å². The molecule has 1 aromatic heterocycles. The molecule has 150 valence electrons. The lowest BCUT2D eigenvalue weighted by Gasteiger charge is -2.36. The van der Waals surface area contributed by atoms with Crippen LogP contribution >= 0.6 is 0 Å². The SMILES string of the molecule is COc1ccccc1N1CCN(C(=O)c2cc3cccc(OC)c3oc2=O)CC1. The number of carbonyl (C=O) groups excluding carboxylic acids is 1. The van der Waals surface area contributed by atoms with Crippen LogP contribution in [0.25, 0.3) is 11.0 Å². The number of ether oxygens (including phenoxy) is 2. The van der Waals surface area contributed by atoms with Crippen molar-refractivity contribution in [2.45, 2.75) is 0 Å². The molecule has 0 N–H and O–H groups in total. The van der Waals surface area contributed by atoms with Crippen molar-refractivity contribution in [1.82, 2.24) is 4.90 Å². The molecule has 1 amide bonds. The van der Waals surface area contributed by atoms with Crippen molar-refractivity contribution in [1.29, 1.82) is 0 Å². The second-order valence-electron chi connectivity index (χ2n) is 6.78. The van der Waals surface area contributed by atoms with Crippen LogP contribution in [0.5, 0.6) is 11.5 Å². The Kier molecular flexibility index (Phi) is 5.12.